The number of para-hydroxylation sites is 1. The van der Waals surface area contributed by atoms with Crippen LogP contribution in [0.3, 0.4) is 0 Å². The summed E-state index contributed by atoms with van der Waals surface area (Å²) in [6.45, 7) is 8.31. The van der Waals surface area contributed by atoms with Crippen molar-refractivity contribution >= 4 is 34.7 Å². The lowest BCUT2D eigenvalue weighted by Gasteiger charge is -2.18. The number of esters is 1. The number of hydrogen-bond donors (Lipinski definition) is 2. The van der Waals surface area contributed by atoms with Gasteiger partial charge in [0.05, 0.1) is 18.0 Å². The van der Waals surface area contributed by atoms with Crippen molar-refractivity contribution in [1.29, 1.82) is 0 Å². The molecule has 4 aromatic rings. The Labute approximate surface area is 211 Å². The molecule has 0 spiro atoms. The molecule has 0 aliphatic rings. The second kappa shape index (κ2) is 9.76. The normalized spacial score (nSPS) is 11.9. The van der Waals surface area contributed by atoms with Crippen LogP contribution >= 0.6 is 0 Å². The number of benzene rings is 1. The lowest BCUT2D eigenvalue weighted by atomic mass is 10.1. The number of aryl methyl sites for hydroxylation is 3. The van der Waals surface area contributed by atoms with Crippen LogP contribution < -0.4 is 16.6 Å². The number of nitrogens with one attached hydrogen (secondary N) is 1. The van der Waals surface area contributed by atoms with Gasteiger partial charge in [0.25, 0.3) is 11.5 Å². The molecule has 0 aliphatic heterocycles. The number of carbonyl (C=O) groups excluding carboxylic acids is 3. The van der Waals surface area contributed by atoms with E-state index in [9.17, 15) is 19.2 Å². The Balaban J connectivity index is 1.83. The van der Waals surface area contributed by atoms with E-state index in [0.717, 1.165) is 10.9 Å². The Morgan fingerprint density at radius 1 is 1.14 bits per heavy atom. The summed E-state index contributed by atoms with van der Waals surface area (Å²) < 4.78 is 13.5. The zero-order valence-corrected chi connectivity index (χ0v) is 21.1. The van der Waals surface area contributed by atoms with Gasteiger partial charge in [-0.1, -0.05) is 18.2 Å². The Morgan fingerprint density at radius 3 is 2.43 bits per heavy atom. The van der Waals surface area contributed by atoms with Gasteiger partial charge in [-0.25, -0.2) is 9.48 Å². The molecule has 1 atom stereocenters. The van der Waals surface area contributed by atoms with Crippen LogP contribution in [0.1, 0.15) is 57.6 Å². The zero-order chi connectivity index (χ0) is 27.0. The van der Waals surface area contributed by atoms with Gasteiger partial charge in [-0.2, -0.15) is 5.10 Å². The van der Waals surface area contributed by atoms with Gasteiger partial charge < -0.3 is 14.9 Å². The first-order chi connectivity index (χ1) is 17.6. The van der Waals surface area contributed by atoms with Crippen molar-refractivity contribution in [1.82, 2.24) is 14.3 Å². The SMILES string of the molecule is CCOC(=O)c1c(C)oc(NC(=O)C(C)n2c(=O)cc(C)c3c(C)nn(-c4ccccc4)c32)c1C(N)=O. The topological polar surface area (TPSA) is 151 Å². The van der Waals surface area contributed by atoms with Gasteiger partial charge in [-0.3, -0.25) is 24.3 Å². The van der Waals surface area contributed by atoms with Gasteiger partial charge in [-0.15, -0.1) is 0 Å². The Hall–Kier alpha value is -4.67. The molecule has 0 bridgehead atoms. The maximum Gasteiger partial charge on any atom is 0.342 e. The fourth-order valence-electron chi connectivity index (χ4n) is 4.40. The van der Waals surface area contributed by atoms with Crippen LogP contribution in [0.2, 0.25) is 0 Å². The number of furan rings is 1. The average molecular weight is 506 g/mol. The number of nitrogens with zero attached hydrogens (tertiary/aromatic N) is 3. The van der Waals surface area contributed by atoms with Crippen LogP contribution in [0, 0.1) is 20.8 Å². The molecule has 4 rings (SSSR count). The summed E-state index contributed by atoms with van der Waals surface area (Å²) in [6, 6.07) is 9.62. The monoisotopic (exact) mass is 505 g/mol. The molecule has 2 amide bonds. The summed E-state index contributed by atoms with van der Waals surface area (Å²) in [7, 11) is 0. The first kappa shape index (κ1) is 25.4. The third kappa shape index (κ3) is 4.39. The van der Waals surface area contributed by atoms with E-state index in [-0.39, 0.29) is 29.4 Å². The molecule has 0 fully saturated rings. The number of pyridine rings is 1. The van der Waals surface area contributed by atoms with Crippen LogP contribution in [-0.4, -0.2) is 38.7 Å². The highest BCUT2D eigenvalue weighted by Gasteiger charge is 2.31. The number of rotatable bonds is 7. The molecule has 0 aliphatic carbocycles. The predicted molar refractivity (Wildman–Crippen MR) is 136 cm³/mol. The number of amides is 2. The maximum atomic E-state index is 13.4. The van der Waals surface area contributed by atoms with Gasteiger partial charge in [0, 0.05) is 11.5 Å². The minimum Gasteiger partial charge on any atom is -0.462 e. The number of ether oxygens (including phenoxy) is 1. The molecule has 3 heterocycles. The minimum atomic E-state index is -1.06. The molecule has 11 nitrogen and oxygen atoms in total. The molecule has 37 heavy (non-hydrogen) atoms. The number of anilines is 1. The highest BCUT2D eigenvalue weighted by molar-refractivity contribution is 6.10. The summed E-state index contributed by atoms with van der Waals surface area (Å²) in [5.41, 5.74) is 7.19. The molecule has 1 unspecified atom stereocenters. The van der Waals surface area contributed by atoms with Crippen molar-refractivity contribution in [2.75, 3.05) is 11.9 Å². The molecule has 11 heteroatoms. The fourth-order valence-corrected chi connectivity index (χ4v) is 4.40. The second-order valence-electron chi connectivity index (χ2n) is 8.55. The van der Waals surface area contributed by atoms with Crippen molar-refractivity contribution in [3.05, 3.63) is 74.9 Å². The Kier molecular flexibility index (Phi) is 6.71. The summed E-state index contributed by atoms with van der Waals surface area (Å²) in [5.74, 6) is -2.69. The largest absolute Gasteiger partial charge is 0.462 e. The van der Waals surface area contributed by atoms with Crippen molar-refractivity contribution in [2.24, 2.45) is 5.73 Å². The summed E-state index contributed by atoms with van der Waals surface area (Å²) in [4.78, 5) is 51.2. The van der Waals surface area contributed by atoms with Crippen LogP contribution in [0.5, 0.6) is 0 Å². The molecule has 3 aromatic heterocycles. The standard InChI is InChI=1S/C26H27N5O6/c1-6-36-26(35)20-16(5)37-24(21(20)22(27)33)28-23(34)15(4)30-18(32)12-13(2)19-14(3)29-31(25(19)30)17-10-8-7-9-11-17/h7-12,15H,6H2,1-5H3,(H2,27,33)(H,28,34). The van der Waals surface area contributed by atoms with Crippen molar-refractivity contribution in [3.63, 3.8) is 0 Å². The lowest BCUT2D eigenvalue weighted by molar-refractivity contribution is -0.118. The fraction of sp³-hybridized carbons (Fsp3) is 0.269. The lowest BCUT2D eigenvalue weighted by Crippen LogP contribution is -2.33. The average Bonchev–Trinajstić information content (AvgIpc) is 3.36. The van der Waals surface area contributed by atoms with Crippen molar-refractivity contribution < 1.29 is 23.5 Å². The molecule has 0 saturated carbocycles. The smallest absolute Gasteiger partial charge is 0.342 e. The van der Waals surface area contributed by atoms with Crippen molar-refractivity contribution in [2.45, 2.75) is 40.7 Å². The Morgan fingerprint density at radius 2 is 1.81 bits per heavy atom. The minimum absolute atomic E-state index is 0.0582. The molecule has 192 valence electrons. The number of aromatic nitrogens is 3. The number of hydrogen-bond acceptors (Lipinski definition) is 7. The van der Waals surface area contributed by atoms with Gasteiger partial charge in [0.1, 0.15) is 28.6 Å². The van der Waals surface area contributed by atoms with Gasteiger partial charge in [0.2, 0.25) is 11.8 Å². The number of nitrogens with two attached hydrogens (primary N) is 1. The number of primary amides is 1. The number of fused-ring (bicyclic) bond motifs is 1. The maximum absolute atomic E-state index is 13.4. The van der Waals surface area contributed by atoms with Crippen LogP contribution in [0.15, 0.2) is 45.6 Å². The molecular formula is C26H27N5O6. The number of carbonyl (C=O) groups is 3. The summed E-state index contributed by atoms with van der Waals surface area (Å²) >= 11 is 0. The van der Waals surface area contributed by atoms with E-state index in [2.05, 4.69) is 10.4 Å². The van der Waals surface area contributed by atoms with Crippen LogP contribution in [-0.2, 0) is 9.53 Å². The quantitative estimate of drug-likeness (QED) is 0.366. The molecule has 3 N–H and O–H groups in total. The second-order valence-corrected chi connectivity index (χ2v) is 8.55. The van der Waals surface area contributed by atoms with Gasteiger partial charge >= 0.3 is 5.97 Å². The van der Waals surface area contributed by atoms with E-state index < -0.39 is 29.4 Å². The third-order valence-electron chi connectivity index (χ3n) is 6.05. The highest BCUT2D eigenvalue weighted by atomic mass is 16.5. The highest BCUT2D eigenvalue weighted by Crippen LogP contribution is 2.30. The summed E-state index contributed by atoms with van der Waals surface area (Å²) in [5, 5.41) is 7.88. The molecule has 1 aromatic carbocycles. The molecule has 0 radical (unpaired) electrons. The zero-order valence-electron chi connectivity index (χ0n) is 21.1. The van der Waals surface area contributed by atoms with E-state index in [1.807, 2.05) is 44.2 Å². The van der Waals surface area contributed by atoms with E-state index in [1.54, 1.807) is 11.6 Å². The van der Waals surface area contributed by atoms with Gasteiger partial charge in [-0.05, 0) is 52.3 Å². The van der Waals surface area contributed by atoms with Crippen molar-refractivity contribution in [3.8, 4) is 5.69 Å². The van der Waals surface area contributed by atoms with E-state index >= 15 is 0 Å². The Bertz CT molecular complexity index is 1600. The molecular weight excluding hydrogens is 478 g/mol. The van der Waals surface area contributed by atoms with Crippen LogP contribution in [0.25, 0.3) is 16.7 Å². The third-order valence-corrected chi connectivity index (χ3v) is 6.05. The van der Waals surface area contributed by atoms with E-state index in [0.29, 0.717) is 17.0 Å². The summed E-state index contributed by atoms with van der Waals surface area (Å²) in [6.07, 6.45) is 0. The first-order valence-corrected chi connectivity index (χ1v) is 11.6. The first-order valence-electron chi connectivity index (χ1n) is 11.6. The van der Waals surface area contributed by atoms with E-state index in [4.69, 9.17) is 14.9 Å². The predicted octanol–water partition coefficient (Wildman–Crippen LogP) is 3.18. The van der Waals surface area contributed by atoms with Crippen LogP contribution in [0.4, 0.5) is 5.88 Å². The molecule has 0 saturated heterocycles. The van der Waals surface area contributed by atoms with E-state index in [1.165, 1.54) is 24.5 Å². The van der Waals surface area contributed by atoms with Gasteiger partial charge in [0.15, 0.2) is 0 Å².